The maximum absolute atomic E-state index is 12.8. The first-order chi connectivity index (χ1) is 15.6. The average molecular weight is 438 g/mol. The van der Waals surface area contributed by atoms with Crippen molar-refractivity contribution in [1.82, 2.24) is 25.1 Å². The fourth-order valence-corrected chi connectivity index (χ4v) is 4.87. The van der Waals surface area contributed by atoms with Gasteiger partial charge in [-0.05, 0) is 49.6 Å². The normalized spacial score (nSPS) is 23.9. The van der Waals surface area contributed by atoms with E-state index < -0.39 is 11.9 Å². The summed E-state index contributed by atoms with van der Waals surface area (Å²) in [5.74, 6) is 0.840. The smallest absolute Gasteiger partial charge is 0.255 e. The number of H-pyrrole nitrogens is 1. The molecular formula is C23H27N5O4. The van der Waals surface area contributed by atoms with Crippen molar-refractivity contribution in [3.05, 3.63) is 47.5 Å². The molecule has 32 heavy (non-hydrogen) atoms. The molecule has 9 heteroatoms. The average Bonchev–Trinajstić information content (AvgIpc) is 3.41. The summed E-state index contributed by atoms with van der Waals surface area (Å²) in [6.07, 6.45) is 7.66. The molecule has 9 nitrogen and oxygen atoms in total. The number of carbonyl (C=O) groups excluding carboxylic acids is 3. The Kier molecular flexibility index (Phi) is 5.65. The minimum Gasteiger partial charge on any atom is -0.492 e. The van der Waals surface area contributed by atoms with E-state index in [0.717, 1.165) is 36.6 Å². The second-order valence-corrected chi connectivity index (χ2v) is 8.69. The topological polar surface area (TPSA) is 108 Å². The molecule has 1 aromatic heterocycles. The summed E-state index contributed by atoms with van der Waals surface area (Å²) in [6, 6.07) is 5.21. The zero-order valence-electron chi connectivity index (χ0n) is 17.9. The lowest BCUT2D eigenvalue weighted by Crippen LogP contribution is -2.52. The lowest BCUT2D eigenvalue weighted by molar-refractivity contribution is -0.136. The molecule has 0 saturated carbocycles. The minimum atomic E-state index is -0.602. The highest BCUT2D eigenvalue weighted by Crippen LogP contribution is 2.30. The maximum atomic E-state index is 12.8. The standard InChI is InChI=1S/C23H27N5O4/c29-21-7-6-19(22(30)26-21)28-12-15-11-17(4-5-18(15)23(28)31)32-14-16-3-1-2-10-27(16)13-20-24-8-9-25-20/h4-5,8-9,11,16,19H,1-3,6-7,10,12-14H2,(H,24,25)(H,26,29,30). The number of imidazole rings is 1. The Morgan fingerprint density at radius 3 is 2.88 bits per heavy atom. The van der Waals surface area contributed by atoms with Gasteiger partial charge in [-0.15, -0.1) is 0 Å². The first kappa shape index (κ1) is 20.7. The summed E-state index contributed by atoms with van der Waals surface area (Å²) in [5, 5.41) is 2.33. The number of aromatic amines is 1. The van der Waals surface area contributed by atoms with Gasteiger partial charge in [0.25, 0.3) is 5.91 Å². The second-order valence-electron chi connectivity index (χ2n) is 8.69. The van der Waals surface area contributed by atoms with Crippen LogP contribution in [0.5, 0.6) is 5.75 Å². The van der Waals surface area contributed by atoms with Gasteiger partial charge < -0.3 is 14.6 Å². The molecule has 4 heterocycles. The monoisotopic (exact) mass is 437 g/mol. The number of ether oxygens (including phenoxy) is 1. The summed E-state index contributed by atoms with van der Waals surface area (Å²) >= 11 is 0. The van der Waals surface area contributed by atoms with Crippen molar-refractivity contribution < 1.29 is 19.1 Å². The first-order valence-electron chi connectivity index (χ1n) is 11.2. The Morgan fingerprint density at radius 2 is 2.06 bits per heavy atom. The predicted molar refractivity (Wildman–Crippen MR) is 115 cm³/mol. The third kappa shape index (κ3) is 4.12. The molecule has 0 spiro atoms. The number of piperidine rings is 2. The molecular weight excluding hydrogens is 410 g/mol. The lowest BCUT2D eigenvalue weighted by atomic mass is 10.0. The summed E-state index contributed by atoms with van der Waals surface area (Å²) < 4.78 is 6.15. The largest absolute Gasteiger partial charge is 0.492 e. The van der Waals surface area contributed by atoms with Crippen LogP contribution in [0, 0.1) is 0 Å². The molecule has 3 aliphatic rings. The van der Waals surface area contributed by atoms with E-state index in [1.165, 1.54) is 12.8 Å². The van der Waals surface area contributed by atoms with Crippen LogP contribution < -0.4 is 10.1 Å². The van der Waals surface area contributed by atoms with Crippen LogP contribution >= 0.6 is 0 Å². The highest BCUT2D eigenvalue weighted by atomic mass is 16.5. The Morgan fingerprint density at radius 1 is 1.16 bits per heavy atom. The molecule has 168 valence electrons. The summed E-state index contributed by atoms with van der Waals surface area (Å²) in [5.41, 5.74) is 1.45. The fourth-order valence-electron chi connectivity index (χ4n) is 4.87. The number of hydrogen-bond acceptors (Lipinski definition) is 6. The summed E-state index contributed by atoms with van der Waals surface area (Å²) in [6.45, 7) is 2.73. The number of amides is 3. The van der Waals surface area contributed by atoms with Crippen molar-refractivity contribution in [3.63, 3.8) is 0 Å². The van der Waals surface area contributed by atoms with Crippen LogP contribution in [0.1, 0.15) is 53.8 Å². The van der Waals surface area contributed by atoms with E-state index in [1.54, 1.807) is 17.2 Å². The van der Waals surface area contributed by atoms with Crippen LogP contribution in [0.15, 0.2) is 30.6 Å². The van der Waals surface area contributed by atoms with E-state index in [2.05, 4.69) is 20.2 Å². The minimum absolute atomic E-state index is 0.169. The van der Waals surface area contributed by atoms with Gasteiger partial charge in [0.2, 0.25) is 11.8 Å². The van der Waals surface area contributed by atoms with Gasteiger partial charge in [0.1, 0.15) is 24.2 Å². The Labute approximate surface area is 186 Å². The molecule has 2 atom stereocenters. The maximum Gasteiger partial charge on any atom is 0.255 e. The molecule has 0 bridgehead atoms. The zero-order chi connectivity index (χ0) is 22.1. The van der Waals surface area contributed by atoms with Crippen LogP contribution in [0.2, 0.25) is 0 Å². The SMILES string of the molecule is O=C1CCC(N2Cc3cc(OCC4CCCCN4Cc4ncc[nH]4)ccc3C2=O)C(=O)N1. The summed E-state index contributed by atoms with van der Waals surface area (Å²) in [4.78, 5) is 48.0. The molecule has 2 unspecified atom stereocenters. The number of benzene rings is 1. The van der Waals surface area contributed by atoms with Crippen molar-refractivity contribution in [1.29, 1.82) is 0 Å². The molecule has 3 amide bonds. The molecule has 2 fully saturated rings. The Bertz CT molecular complexity index is 1020. The number of fused-ring (bicyclic) bond motifs is 1. The molecule has 2 saturated heterocycles. The van der Waals surface area contributed by atoms with Crippen molar-refractivity contribution in [2.24, 2.45) is 0 Å². The van der Waals surface area contributed by atoms with Crippen LogP contribution in [-0.2, 0) is 22.7 Å². The van der Waals surface area contributed by atoms with E-state index in [0.29, 0.717) is 31.2 Å². The number of imide groups is 1. The van der Waals surface area contributed by atoms with E-state index in [4.69, 9.17) is 4.74 Å². The third-order valence-electron chi connectivity index (χ3n) is 6.59. The number of likely N-dealkylation sites (tertiary alicyclic amines) is 1. The third-order valence-corrected chi connectivity index (χ3v) is 6.59. The number of carbonyl (C=O) groups is 3. The van der Waals surface area contributed by atoms with E-state index in [1.807, 2.05) is 18.3 Å². The quantitative estimate of drug-likeness (QED) is 0.665. The number of hydrogen-bond donors (Lipinski definition) is 2. The fraction of sp³-hybridized carbons (Fsp3) is 0.478. The van der Waals surface area contributed by atoms with E-state index in [-0.39, 0.29) is 18.2 Å². The van der Waals surface area contributed by atoms with Crippen LogP contribution in [0.4, 0.5) is 0 Å². The van der Waals surface area contributed by atoms with Crippen molar-refractivity contribution >= 4 is 17.7 Å². The van der Waals surface area contributed by atoms with Gasteiger partial charge in [-0.2, -0.15) is 0 Å². The molecule has 5 rings (SSSR count). The summed E-state index contributed by atoms with van der Waals surface area (Å²) in [7, 11) is 0. The van der Waals surface area contributed by atoms with Gasteiger partial charge >= 0.3 is 0 Å². The zero-order valence-corrected chi connectivity index (χ0v) is 17.9. The highest BCUT2D eigenvalue weighted by Gasteiger charge is 2.39. The first-order valence-corrected chi connectivity index (χ1v) is 11.2. The van der Waals surface area contributed by atoms with Crippen LogP contribution in [-0.4, -0.2) is 62.7 Å². The lowest BCUT2D eigenvalue weighted by Gasteiger charge is -2.34. The van der Waals surface area contributed by atoms with Gasteiger partial charge in [-0.25, -0.2) is 4.98 Å². The van der Waals surface area contributed by atoms with Gasteiger partial charge in [0.15, 0.2) is 0 Å². The number of aromatic nitrogens is 2. The number of rotatable bonds is 6. The molecule has 2 aromatic rings. The Hall–Kier alpha value is -3.20. The molecule has 1 aromatic carbocycles. The van der Waals surface area contributed by atoms with E-state index in [9.17, 15) is 14.4 Å². The van der Waals surface area contributed by atoms with Crippen molar-refractivity contribution in [2.45, 2.75) is 57.3 Å². The van der Waals surface area contributed by atoms with E-state index >= 15 is 0 Å². The van der Waals surface area contributed by atoms with Crippen LogP contribution in [0.3, 0.4) is 0 Å². The number of nitrogens with zero attached hydrogens (tertiary/aromatic N) is 3. The molecule has 2 N–H and O–H groups in total. The van der Waals surface area contributed by atoms with Crippen molar-refractivity contribution in [3.8, 4) is 5.75 Å². The molecule has 0 radical (unpaired) electrons. The van der Waals surface area contributed by atoms with Crippen molar-refractivity contribution in [2.75, 3.05) is 13.2 Å². The number of nitrogens with one attached hydrogen (secondary N) is 2. The van der Waals surface area contributed by atoms with Gasteiger partial charge in [0, 0.05) is 37.0 Å². The predicted octanol–water partition coefficient (Wildman–Crippen LogP) is 1.60. The Balaban J connectivity index is 1.23. The second kappa shape index (κ2) is 8.74. The van der Waals surface area contributed by atoms with Gasteiger partial charge in [-0.3, -0.25) is 24.6 Å². The van der Waals surface area contributed by atoms with Crippen LogP contribution in [0.25, 0.3) is 0 Å². The molecule has 0 aliphatic carbocycles. The van der Waals surface area contributed by atoms with Gasteiger partial charge in [0.05, 0.1) is 6.54 Å². The highest BCUT2D eigenvalue weighted by molar-refractivity contribution is 6.05. The molecule has 3 aliphatic heterocycles. The van der Waals surface area contributed by atoms with Gasteiger partial charge in [-0.1, -0.05) is 6.42 Å².